The lowest BCUT2D eigenvalue weighted by atomic mass is 10.3. The van der Waals surface area contributed by atoms with Gasteiger partial charge in [0.2, 0.25) is 5.13 Å². The van der Waals surface area contributed by atoms with E-state index in [1.807, 2.05) is 12.1 Å². The van der Waals surface area contributed by atoms with Gasteiger partial charge in [0.15, 0.2) is 5.01 Å². The molecule has 2 rings (SSSR count). The van der Waals surface area contributed by atoms with E-state index in [9.17, 15) is 0 Å². The molecule has 0 atom stereocenters. The zero-order valence-electron chi connectivity index (χ0n) is 6.44. The third-order valence-electron chi connectivity index (χ3n) is 1.41. The molecule has 0 aliphatic rings. The van der Waals surface area contributed by atoms with Gasteiger partial charge in [-0.2, -0.15) is 0 Å². The maximum absolute atomic E-state index is 5.46. The monoisotopic (exact) mass is 256 g/mol. The predicted octanol–water partition coefficient (Wildman–Crippen LogP) is 1.94. The first-order chi connectivity index (χ1) is 6.25. The van der Waals surface area contributed by atoms with Gasteiger partial charge in [-0.05, 0) is 28.1 Å². The molecule has 6 heteroatoms. The second kappa shape index (κ2) is 3.39. The molecule has 0 aromatic carbocycles. The van der Waals surface area contributed by atoms with Gasteiger partial charge in [-0.25, -0.2) is 4.98 Å². The molecule has 0 saturated carbocycles. The molecular weight excluding hydrogens is 252 g/mol. The van der Waals surface area contributed by atoms with Crippen molar-refractivity contribution in [1.82, 2.24) is 15.2 Å². The molecule has 0 unspecified atom stereocenters. The summed E-state index contributed by atoms with van der Waals surface area (Å²) in [6.45, 7) is 0. The number of aromatic nitrogens is 3. The third-order valence-corrected chi connectivity index (χ3v) is 2.69. The fourth-order valence-electron chi connectivity index (χ4n) is 0.854. The van der Waals surface area contributed by atoms with E-state index >= 15 is 0 Å². The van der Waals surface area contributed by atoms with Crippen LogP contribution < -0.4 is 5.73 Å². The minimum absolute atomic E-state index is 0.470. The van der Waals surface area contributed by atoms with Crippen LogP contribution in [0.4, 0.5) is 5.13 Å². The predicted molar refractivity (Wildman–Crippen MR) is 55.3 cm³/mol. The Morgan fingerprint density at radius 3 is 2.69 bits per heavy atom. The second-order valence-corrected chi connectivity index (χ2v) is 4.14. The van der Waals surface area contributed by atoms with Crippen LogP contribution in [-0.2, 0) is 0 Å². The van der Waals surface area contributed by atoms with Crippen LogP contribution in [-0.4, -0.2) is 15.2 Å². The van der Waals surface area contributed by atoms with Gasteiger partial charge in [0.25, 0.3) is 0 Å². The number of hydrogen-bond donors (Lipinski definition) is 1. The van der Waals surface area contributed by atoms with Crippen molar-refractivity contribution in [1.29, 1.82) is 0 Å². The number of pyridine rings is 1. The molecule has 0 bridgehead atoms. The average Bonchev–Trinajstić information content (AvgIpc) is 2.53. The van der Waals surface area contributed by atoms with E-state index in [1.165, 1.54) is 11.3 Å². The van der Waals surface area contributed by atoms with Gasteiger partial charge in [-0.15, -0.1) is 10.2 Å². The summed E-state index contributed by atoms with van der Waals surface area (Å²) in [5.41, 5.74) is 6.39. The molecule has 0 amide bonds. The van der Waals surface area contributed by atoms with Crippen molar-refractivity contribution in [3.8, 4) is 10.6 Å². The van der Waals surface area contributed by atoms with E-state index in [0.717, 1.165) is 15.2 Å². The third kappa shape index (κ3) is 1.84. The zero-order valence-corrected chi connectivity index (χ0v) is 8.84. The van der Waals surface area contributed by atoms with E-state index in [-0.39, 0.29) is 0 Å². The van der Waals surface area contributed by atoms with E-state index in [0.29, 0.717) is 5.13 Å². The topological polar surface area (TPSA) is 64.7 Å². The number of rotatable bonds is 1. The van der Waals surface area contributed by atoms with Crippen LogP contribution in [0.1, 0.15) is 0 Å². The van der Waals surface area contributed by atoms with Crippen LogP contribution >= 0.6 is 27.3 Å². The highest BCUT2D eigenvalue weighted by atomic mass is 79.9. The highest BCUT2D eigenvalue weighted by Gasteiger charge is 2.03. The number of nitrogen functional groups attached to an aromatic ring is 1. The minimum Gasteiger partial charge on any atom is -0.374 e. The van der Waals surface area contributed by atoms with Crippen molar-refractivity contribution in [3.05, 3.63) is 22.9 Å². The fourth-order valence-corrected chi connectivity index (χ4v) is 1.69. The standard InChI is InChI=1S/C7H5BrN4S/c8-5-2-1-4(3-10-5)6-11-12-7(9)13-6/h1-3H,(H2,9,12). The molecule has 4 nitrogen and oxygen atoms in total. The van der Waals surface area contributed by atoms with E-state index < -0.39 is 0 Å². The Labute approximate surface area is 87.0 Å². The van der Waals surface area contributed by atoms with Crippen molar-refractivity contribution in [2.24, 2.45) is 0 Å². The molecule has 13 heavy (non-hydrogen) atoms. The maximum atomic E-state index is 5.46. The van der Waals surface area contributed by atoms with Gasteiger partial charge < -0.3 is 5.73 Å². The number of hydrogen-bond acceptors (Lipinski definition) is 5. The van der Waals surface area contributed by atoms with Crippen LogP contribution in [0, 0.1) is 0 Å². The van der Waals surface area contributed by atoms with Crippen molar-refractivity contribution >= 4 is 32.4 Å². The molecule has 0 saturated heterocycles. The molecule has 0 fully saturated rings. The molecule has 2 aromatic heterocycles. The van der Waals surface area contributed by atoms with Gasteiger partial charge in [-0.1, -0.05) is 11.3 Å². The largest absolute Gasteiger partial charge is 0.374 e. The van der Waals surface area contributed by atoms with Crippen LogP contribution in [0.3, 0.4) is 0 Å². The lowest BCUT2D eigenvalue weighted by molar-refractivity contribution is 1.10. The molecule has 0 aliphatic carbocycles. The molecule has 0 aliphatic heterocycles. The van der Waals surface area contributed by atoms with Crippen LogP contribution in [0.15, 0.2) is 22.9 Å². The highest BCUT2D eigenvalue weighted by Crippen LogP contribution is 2.24. The summed E-state index contributed by atoms with van der Waals surface area (Å²) in [5.74, 6) is 0. The second-order valence-electron chi connectivity index (χ2n) is 2.32. The summed E-state index contributed by atoms with van der Waals surface area (Å²) in [6, 6.07) is 3.77. The van der Waals surface area contributed by atoms with Crippen molar-refractivity contribution in [2.75, 3.05) is 5.73 Å². The molecule has 2 N–H and O–H groups in total. The summed E-state index contributed by atoms with van der Waals surface area (Å²) < 4.78 is 0.800. The summed E-state index contributed by atoms with van der Waals surface area (Å²) in [7, 11) is 0. The van der Waals surface area contributed by atoms with E-state index in [4.69, 9.17) is 5.73 Å². The van der Waals surface area contributed by atoms with Crippen LogP contribution in [0.2, 0.25) is 0 Å². The maximum Gasteiger partial charge on any atom is 0.203 e. The number of nitrogens with two attached hydrogens (primary N) is 1. The van der Waals surface area contributed by atoms with Gasteiger partial charge in [0, 0.05) is 11.8 Å². The quantitative estimate of drug-likeness (QED) is 0.793. The molecular formula is C7H5BrN4S. The van der Waals surface area contributed by atoms with Crippen molar-refractivity contribution < 1.29 is 0 Å². The van der Waals surface area contributed by atoms with Crippen molar-refractivity contribution in [3.63, 3.8) is 0 Å². The van der Waals surface area contributed by atoms with Gasteiger partial charge in [0.05, 0.1) is 0 Å². The fraction of sp³-hybridized carbons (Fsp3) is 0. The normalized spacial score (nSPS) is 10.2. The smallest absolute Gasteiger partial charge is 0.203 e. The first-order valence-corrected chi connectivity index (χ1v) is 5.07. The Morgan fingerprint density at radius 1 is 1.31 bits per heavy atom. The average molecular weight is 257 g/mol. The summed E-state index contributed by atoms with van der Waals surface area (Å²) >= 11 is 4.60. The first-order valence-electron chi connectivity index (χ1n) is 3.46. The SMILES string of the molecule is Nc1nnc(-c2ccc(Br)nc2)s1. The molecule has 0 spiro atoms. The summed E-state index contributed by atoms with van der Waals surface area (Å²) in [5, 5.41) is 8.89. The Kier molecular flexibility index (Phi) is 2.24. The van der Waals surface area contributed by atoms with E-state index in [1.54, 1.807) is 6.20 Å². The first kappa shape index (κ1) is 8.58. The van der Waals surface area contributed by atoms with Crippen LogP contribution in [0.25, 0.3) is 10.6 Å². The Morgan fingerprint density at radius 2 is 2.15 bits per heavy atom. The molecule has 2 heterocycles. The molecule has 0 radical (unpaired) electrons. The van der Waals surface area contributed by atoms with Gasteiger partial charge >= 0.3 is 0 Å². The van der Waals surface area contributed by atoms with Gasteiger partial charge in [-0.3, -0.25) is 0 Å². The zero-order chi connectivity index (χ0) is 9.26. The minimum atomic E-state index is 0.470. The number of nitrogens with zero attached hydrogens (tertiary/aromatic N) is 3. The lowest BCUT2D eigenvalue weighted by Gasteiger charge is -1.92. The van der Waals surface area contributed by atoms with Crippen molar-refractivity contribution in [2.45, 2.75) is 0 Å². The summed E-state index contributed by atoms with van der Waals surface area (Å²) in [6.07, 6.45) is 1.73. The Balaban J connectivity index is 2.41. The number of halogens is 1. The highest BCUT2D eigenvalue weighted by molar-refractivity contribution is 9.10. The Bertz CT molecular complexity index is 411. The molecule has 2 aromatic rings. The van der Waals surface area contributed by atoms with E-state index in [2.05, 4.69) is 31.1 Å². The Hall–Kier alpha value is -1.01. The van der Waals surface area contributed by atoms with Crippen LogP contribution in [0.5, 0.6) is 0 Å². The summed E-state index contributed by atoms with van der Waals surface area (Å²) in [4.78, 5) is 4.08. The van der Waals surface area contributed by atoms with Gasteiger partial charge in [0.1, 0.15) is 4.60 Å². The molecule has 66 valence electrons. The lowest BCUT2D eigenvalue weighted by Crippen LogP contribution is -1.80. The number of anilines is 1.